The standard InChI is InChI=1S/C34H21NS/c1-2-9-22(10-3-1)27-20-29-28-19-25(24-15-14-21-8-4-5-11-23(21)18-24)16-17-31(28)36-34(29)32-26-12-6-7-13-30(26)35-33(27)32/h1-20,35H. The Morgan fingerprint density at radius 3 is 2.17 bits per heavy atom. The Morgan fingerprint density at radius 1 is 0.500 bits per heavy atom. The number of para-hydroxylation sites is 1. The maximum Gasteiger partial charge on any atom is 0.0559 e. The molecule has 0 amide bonds. The second kappa shape index (κ2) is 7.55. The molecule has 1 N–H and O–H groups in total. The first kappa shape index (κ1) is 19.9. The Morgan fingerprint density at radius 2 is 1.25 bits per heavy atom. The Kier molecular flexibility index (Phi) is 4.16. The monoisotopic (exact) mass is 475 g/mol. The van der Waals surface area contributed by atoms with Crippen LogP contribution in [0, 0.1) is 0 Å². The lowest BCUT2D eigenvalue weighted by Gasteiger charge is -2.07. The van der Waals surface area contributed by atoms with E-state index in [-0.39, 0.29) is 0 Å². The smallest absolute Gasteiger partial charge is 0.0559 e. The van der Waals surface area contributed by atoms with Crippen molar-refractivity contribution >= 4 is 64.1 Å². The largest absolute Gasteiger partial charge is 0.354 e. The van der Waals surface area contributed by atoms with Crippen LogP contribution in [0.3, 0.4) is 0 Å². The molecule has 0 saturated heterocycles. The first-order valence-electron chi connectivity index (χ1n) is 12.3. The van der Waals surface area contributed by atoms with Crippen molar-refractivity contribution in [2.75, 3.05) is 0 Å². The van der Waals surface area contributed by atoms with Gasteiger partial charge < -0.3 is 4.98 Å². The zero-order chi connectivity index (χ0) is 23.6. The SMILES string of the molecule is c1ccc(-c2cc3c4cc(-c5ccc6ccccc6c5)ccc4sc3c3c2[nH]c2ccccc23)cc1. The van der Waals surface area contributed by atoms with E-state index in [9.17, 15) is 0 Å². The first-order valence-corrected chi connectivity index (χ1v) is 13.1. The molecule has 6 aromatic carbocycles. The average Bonchev–Trinajstić information content (AvgIpc) is 3.51. The van der Waals surface area contributed by atoms with Gasteiger partial charge in [0.15, 0.2) is 0 Å². The van der Waals surface area contributed by atoms with Crippen LogP contribution in [0.5, 0.6) is 0 Å². The maximum absolute atomic E-state index is 3.74. The van der Waals surface area contributed by atoms with Gasteiger partial charge in [-0.3, -0.25) is 0 Å². The lowest BCUT2D eigenvalue weighted by Crippen LogP contribution is -1.82. The van der Waals surface area contributed by atoms with Crippen LogP contribution < -0.4 is 0 Å². The van der Waals surface area contributed by atoms with Gasteiger partial charge in [-0.05, 0) is 57.8 Å². The third kappa shape index (κ3) is 2.89. The normalized spacial score (nSPS) is 11.9. The van der Waals surface area contributed by atoms with Crippen LogP contribution in [-0.4, -0.2) is 4.98 Å². The molecule has 0 saturated carbocycles. The highest BCUT2D eigenvalue weighted by atomic mass is 32.1. The number of hydrogen-bond donors (Lipinski definition) is 1. The molecule has 0 aliphatic rings. The van der Waals surface area contributed by atoms with Gasteiger partial charge in [-0.25, -0.2) is 0 Å². The zero-order valence-corrected chi connectivity index (χ0v) is 20.3. The fraction of sp³-hybridized carbons (Fsp3) is 0. The summed E-state index contributed by atoms with van der Waals surface area (Å²) in [5.74, 6) is 0. The van der Waals surface area contributed by atoms with E-state index in [1.807, 2.05) is 11.3 Å². The summed E-state index contributed by atoms with van der Waals surface area (Å²) < 4.78 is 2.68. The summed E-state index contributed by atoms with van der Waals surface area (Å²) in [5.41, 5.74) is 7.41. The van der Waals surface area contributed by atoms with Crippen LogP contribution in [0.2, 0.25) is 0 Å². The van der Waals surface area contributed by atoms with Gasteiger partial charge in [0.1, 0.15) is 0 Å². The van der Waals surface area contributed by atoms with Gasteiger partial charge in [-0.2, -0.15) is 0 Å². The molecule has 0 aliphatic carbocycles. The van der Waals surface area contributed by atoms with Gasteiger partial charge in [-0.1, -0.05) is 91.0 Å². The number of benzene rings is 6. The van der Waals surface area contributed by atoms with E-state index in [0.29, 0.717) is 0 Å². The average molecular weight is 476 g/mol. The fourth-order valence-electron chi connectivity index (χ4n) is 5.64. The minimum atomic E-state index is 1.19. The van der Waals surface area contributed by atoms with E-state index in [2.05, 4.69) is 126 Å². The molecule has 8 rings (SSSR count). The Bertz CT molecular complexity index is 2090. The third-order valence-electron chi connectivity index (χ3n) is 7.39. The van der Waals surface area contributed by atoms with Crippen molar-refractivity contribution in [1.82, 2.24) is 4.98 Å². The predicted molar refractivity (Wildman–Crippen MR) is 157 cm³/mol. The summed E-state index contributed by atoms with van der Waals surface area (Å²) in [4.78, 5) is 3.74. The summed E-state index contributed by atoms with van der Waals surface area (Å²) in [7, 11) is 0. The molecule has 2 heteroatoms. The van der Waals surface area contributed by atoms with Gasteiger partial charge in [0, 0.05) is 42.0 Å². The first-order chi connectivity index (χ1) is 17.8. The molecule has 0 fully saturated rings. The predicted octanol–water partition coefficient (Wildman–Crippen LogP) is 10.2. The van der Waals surface area contributed by atoms with Gasteiger partial charge in [-0.15, -0.1) is 11.3 Å². The summed E-state index contributed by atoms with van der Waals surface area (Å²) in [6.45, 7) is 0. The molecule has 36 heavy (non-hydrogen) atoms. The number of rotatable bonds is 2. The number of hydrogen-bond acceptors (Lipinski definition) is 1. The fourth-order valence-corrected chi connectivity index (χ4v) is 6.86. The van der Waals surface area contributed by atoms with Crippen LogP contribution in [0.1, 0.15) is 0 Å². The molecule has 8 aromatic rings. The minimum Gasteiger partial charge on any atom is -0.354 e. The Labute approximate surface area is 212 Å². The van der Waals surface area contributed by atoms with Gasteiger partial charge in [0.2, 0.25) is 0 Å². The molecule has 168 valence electrons. The topological polar surface area (TPSA) is 15.8 Å². The number of aromatic nitrogens is 1. The van der Waals surface area contributed by atoms with Crippen LogP contribution in [0.25, 0.3) is 75.0 Å². The molecule has 2 heterocycles. The number of thiophene rings is 1. The molecule has 0 atom stereocenters. The molecular formula is C34H21NS. The quantitative estimate of drug-likeness (QED) is 0.256. The highest BCUT2D eigenvalue weighted by molar-refractivity contribution is 7.26. The van der Waals surface area contributed by atoms with Crippen LogP contribution in [-0.2, 0) is 0 Å². The Balaban J connectivity index is 1.46. The van der Waals surface area contributed by atoms with Gasteiger partial charge in [0.25, 0.3) is 0 Å². The van der Waals surface area contributed by atoms with E-state index in [0.717, 1.165) is 0 Å². The molecular weight excluding hydrogens is 454 g/mol. The number of H-pyrrole nitrogens is 1. The second-order valence-corrected chi connectivity index (χ2v) is 10.5. The van der Waals surface area contributed by atoms with Gasteiger partial charge in [0.05, 0.1) is 5.52 Å². The second-order valence-electron chi connectivity index (χ2n) is 9.46. The van der Waals surface area contributed by atoms with Crippen molar-refractivity contribution in [3.8, 4) is 22.3 Å². The minimum absolute atomic E-state index is 1.19. The summed E-state index contributed by atoms with van der Waals surface area (Å²) in [5, 5.41) is 7.82. The summed E-state index contributed by atoms with van der Waals surface area (Å²) in [6.07, 6.45) is 0. The van der Waals surface area contributed by atoms with E-state index in [4.69, 9.17) is 0 Å². The van der Waals surface area contributed by atoms with Crippen molar-refractivity contribution in [2.45, 2.75) is 0 Å². The van der Waals surface area contributed by atoms with E-state index < -0.39 is 0 Å². The molecule has 0 bridgehead atoms. The lowest BCUT2D eigenvalue weighted by atomic mass is 9.97. The molecule has 0 aliphatic heterocycles. The lowest BCUT2D eigenvalue weighted by molar-refractivity contribution is 1.54. The van der Waals surface area contributed by atoms with Crippen LogP contribution in [0.15, 0.2) is 121 Å². The highest BCUT2D eigenvalue weighted by Gasteiger charge is 2.17. The number of aromatic amines is 1. The van der Waals surface area contributed by atoms with E-state index in [1.54, 1.807) is 0 Å². The summed E-state index contributed by atoms with van der Waals surface area (Å²) in [6, 6.07) is 44.1. The van der Waals surface area contributed by atoms with Crippen LogP contribution >= 0.6 is 11.3 Å². The van der Waals surface area contributed by atoms with E-state index >= 15 is 0 Å². The highest BCUT2D eigenvalue weighted by Crippen LogP contribution is 2.45. The van der Waals surface area contributed by atoms with Crippen molar-refractivity contribution in [3.63, 3.8) is 0 Å². The van der Waals surface area contributed by atoms with Crippen LogP contribution in [0.4, 0.5) is 0 Å². The number of fused-ring (bicyclic) bond motifs is 8. The molecule has 2 aromatic heterocycles. The van der Waals surface area contributed by atoms with Crippen molar-refractivity contribution in [3.05, 3.63) is 121 Å². The van der Waals surface area contributed by atoms with Crippen molar-refractivity contribution in [1.29, 1.82) is 0 Å². The maximum atomic E-state index is 3.74. The Hall–Kier alpha value is -4.40. The molecule has 1 nitrogen and oxygen atoms in total. The van der Waals surface area contributed by atoms with E-state index in [1.165, 1.54) is 75.0 Å². The number of nitrogens with one attached hydrogen (secondary N) is 1. The van der Waals surface area contributed by atoms with Crippen molar-refractivity contribution in [2.24, 2.45) is 0 Å². The van der Waals surface area contributed by atoms with Gasteiger partial charge >= 0.3 is 0 Å². The molecule has 0 unspecified atom stereocenters. The third-order valence-corrected chi connectivity index (χ3v) is 8.59. The van der Waals surface area contributed by atoms with Crippen molar-refractivity contribution < 1.29 is 0 Å². The molecule has 0 radical (unpaired) electrons. The molecule has 0 spiro atoms. The summed E-state index contributed by atoms with van der Waals surface area (Å²) >= 11 is 1.90. The zero-order valence-electron chi connectivity index (χ0n) is 19.5.